The lowest BCUT2D eigenvalue weighted by Crippen LogP contribution is -2.60. The summed E-state index contributed by atoms with van der Waals surface area (Å²) >= 11 is 0. The van der Waals surface area contributed by atoms with Crippen LogP contribution >= 0.6 is 0 Å². The van der Waals surface area contributed by atoms with Crippen molar-refractivity contribution in [2.75, 3.05) is 44.3 Å². The number of halogens is 1. The Balaban J connectivity index is 1.40. The molecule has 1 aromatic carbocycles. The third kappa shape index (κ3) is 4.46. The summed E-state index contributed by atoms with van der Waals surface area (Å²) in [4.78, 5) is 26.2. The summed E-state index contributed by atoms with van der Waals surface area (Å²) in [6.45, 7) is 8.93. The molecule has 3 aliphatic rings. The molecule has 9 heteroatoms. The second-order valence-corrected chi connectivity index (χ2v) is 9.88. The Kier molecular flexibility index (Phi) is 6.40. The Morgan fingerprint density at radius 2 is 2.09 bits per heavy atom. The van der Waals surface area contributed by atoms with Crippen molar-refractivity contribution in [2.45, 2.75) is 45.2 Å². The van der Waals surface area contributed by atoms with Crippen LogP contribution in [0.25, 0.3) is 0 Å². The van der Waals surface area contributed by atoms with Gasteiger partial charge in [-0.2, -0.15) is 0 Å². The average molecular weight is 470 g/mol. The molecule has 0 radical (unpaired) electrons. The number of nitrogens with zero attached hydrogens (tertiary/aromatic N) is 4. The zero-order valence-corrected chi connectivity index (χ0v) is 19.8. The molecule has 0 saturated carbocycles. The first-order valence-corrected chi connectivity index (χ1v) is 12.1. The van der Waals surface area contributed by atoms with E-state index in [0.717, 1.165) is 45.4 Å². The van der Waals surface area contributed by atoms with Crippen LogP contribution in [0.15, 0.2) is 30.7 Å². The van der Waals surface area contributed by atoms with Crippen LogP contribution in [0.5, 0.6) is 11.5 Å². The van der Waals surface area contributed by atoms with Crippen LogP contribution in [0.4, 0.5) is 10.2 Å². The molecular formula is C25H32FN5O3. The molecule has 1 aromatic heterocycles. The molecule has 3 aliphatic heterocycles. The number of anilines is 1. The number of hydrogen-bond donors (Lipinski definition) is 1. The first-order chi connectivity index (χ1) is 16.5. The van der Waals surface area contributed by atoms with Gasteiger partial charge in [-0.3, -0.25) is 4.79 Å². The fourth-order valence-corrected chi connectivity index (χ4v) is 5.39. The highest BCUT2D eigenvalue weighted by molar-refractivity contribution is 5.97. The number of benzene rings is 1. The van der Waals surface area contributed by atoms with E-state index in [1.54, 1.807) is 11.1 Å². The molecule has 1 amide bonds. The summed E-state index contributed by atoms with van der Waals surface area (Å²) in [6.07, 6.45) is 6.18. The SMILES string of the molecule is CC(C)N(C(=O)c1cc(F)ccc1Oc1cncnc1N1CC2(CCNCC2)C1)C1CCOC1. The standard InChI is InChI=1S/C25H32FN5O3/c1-17(2)31(19-5-10-33-13-19)24(32)20-11-18(26)3-4-21(20)34-22-12-28-16-29-23(22)30-14-25(15-30)6-8-27-9-7-25/h3-4,11-12,16-17,19,27H,5-10,13-15H2,1-2H3. The molecule has 1 N–H and O–H groups in total. The highest BCUT2D eigenvalue weighted by atomic mass is 19.1. The maximum atomic E-state index is 14.3. The van der Waals surface area contributed by atoms with E-state index in [1.165, 1.54) is 24.5 Å². The van der Waals surface area contributed by atoms with Crippen molar-refractivity contribution in [3.05, 3.63) is 42.1 Å². The molecule has 8 nitrogen and oxygen atoms in total. The van der Waals surface area contributed by atoms with E-state index >= 15 is 0 Å². The average Bonchev–Trinajstić information content (AvgIpc) is 3.33. The first-order valence-electron chi connectivity index (χ1n) is 12.1. The monoisotopic (exact) mass is 469 g/mol. The van der Waals surface area contributed by atoms with Gasteiger partial charge in [0.2, 0.25) is 0 Å². The fourth-order valence-electron chi connectivity index (χ4n) is 5.39. The Morgan fingerprint density at radius 1 is 1.29 bits per heavy atom. The van der Waals surface area contributed by atoms with E-state index < -0.39 is 5.82 Å². The summed E-state index contributed by atoms with van der Waals surface area (Å²) in [7, 11) is 0. The Labute approximate surface area is 199 Å². The molecule has 1 atom stereocenters. The van der Waals surface area contributed by atoms with Crippen LogP contribution in [-0.4, -0.2) is 72.3 Å². The molecule has 3 saturated heterocycles. The predicted octanol–water partition coefficient (Wildman–Crippen LogP) is 3.24. The predicted molar refractivity (Wildman–Crippen MR) is 126 cm³/mol. The molecule has 4 heterocycles. The van der Waals surface area contributed by atoms with Crippen LogP contribution in [0, 0.1) is 11.2 Å². The Morgan fingerprint density at radius 3 is 2.79 bits per heavy atom. The normalized spacial score (nSPS) is 21.5. The summed E-state index contributed by atoms with van der Waals surface area (Å²) in [5.41, 5.74) is 0.514. The van der Waals surface area contributed by atoms with Gasteiger partial charge in [-0.1, -0.05) is 0 Å². The highest BCUT2D eigenvalue weighted by Crippen LogP contribution is 2.43. The Bertz CT molecular complexity index is 1030. The van der Waals surface area contributed by atoms with Gasteiger partial charge in [-0.15, -0.1) is 0 Å². The second kappa shape index (κ2) is 9.46. The van der Waals surface area contributed by atoms with Crippen LogP contribution in [0.2, 0.25) is 0 Å². The topological polar surface area (TPSA) is 79.8 Å². The third-order valence-electron chi connectivity index (χ3n) is 7.16. The van der Waals surface area contributed by atoms with Gasteiger partial charge in [0.15, 0.2) is 11.6 Å². The number of nitrogens with one attached hydrogen (secondary N) is 1. The number of carbonyl (C=O) groups excluding carboxylic acids is 1. The molecule has 0 aliphatic carbocycles. The molecule has 1 spiro atoms. The zero-order chi connectivity index (χ0) is 23.7. The number of amides is 1. The molecule has 2 aromatic rings. The van der Waals surface area contributed by atoms with Crippen LogP contribution < -0.4 is 15.0 Å². The smallest absolute Gasteiger partial charge is 0.258 e. The maximum Gasteiger partial charge on any atom is 0.258 e. The van der Waals surface area contributed by atoms with Gasteiger partial charge in [-0.25, -0.2) is 14.4 Å². The second-order valence-electron chi connectivity index (χ2n) is 9.88. The van der Waals surface area contributed by atoms with Gasteiger partial charge < -0.3 is 24.6 Å². The lowest BCUT2D eigenvalue weighted by atomic mass is 9.72. The molecular weight excluding hydrogens is 437 g/mol. The summed E-state index contributed by atoms with van der Waals surface area (Å²) in [5, 5.41) is 3.42. The molecule has 0 bridgehead atoms. The largest absolute Gasteiger partial charge is 0.451 e. The van der Waals surface area contributed by atoms with Crippen molar-refractivity contribution in [1.82, 2.24) is 20.2 Å². The minimum atomic E-state index is -0.484. The lowest BCUT2D eigenvalue weighted by Gasteiger charge is -2.53. The van der Waals surface area contributed by atoms with Gasteiger partial charge in [0.1, 0.15) is 17.9 Å². The van der Waals surface area contributed by atoms with Crippen molar-refractivity contribution in [3.63, 3.8) is 0 Å². The summed E-state index contributed by atoms with van der Waals surface area (Å²) in [5.74, 6) is 0.710. The van der Waals surface area contributed by atoms with Crippen molar-refractivity contribution < 1.29 is 18.7 Å². The van der Waals surface area contributed by atoms with E-state index in [-0.39, 0.29) is 23.6 Å². The van der Waals surface area contributed by atoms with E-state index in [9.17, 15) is 9.18 Å². The highest BCUT2D eigenvalue weighted by Gasteiger charge is 2.45. The fraction of sp³-hybridized carbons (Fsp3) is 0.560. The maximum absolute atomic E-state index is 14.3. The van der Waals surface area contributed by atoms with Crippen LogP contribution in [0.1, 0.15) is 43.5 Å². The molecule has 182 valence electrons. The third-order valence-corrected chi connectivity index (χ3v) is 7.16. The zero-order valence-electron chi connectivity index (χ0n) is 19.8. The summed E-state index contributed by atoms with van der Waals surface area (Å²) in [6, 6.07) is 3.96. The van der Waals surface area contributed by atoms with E-state index in [2.05, 4.69) is 20.2 Å². The van der Waals surface area contributed by atoms with Gasteiger partial charge in [0.25, 0.3) is 5.91 Å². The number of rotatable bonds is 6. The first kappa shape index (κ1) is 23.0. The van der Waals surface area contributed by atoms with Gasteiger partial charge >= 0.3 is 0 Å². The van der Waals surface area contributed by atoms with Gasteiger partial charge in [-0.05, 0) is 64.4 Å². The van der Waals surface area contributed by atoms with E-state index in [0.29, 0.717) is 35.9 Å². The number of ether oxygens (including phenoxy) is 2. The molecule has 34 heavy (non-hydrogen) atoms. The lowest BCUT2D eigenvalue weighted by molar-refractivity contribution is 0.0578. The molecule has 5 rings (SSSR count). The Hall–Kier alpha value is -2.78. The van der Waals surface area contributed by atoms with Crippen molar-refractivity contribution in [1.29, 1.82) is 0 Å². The van der Waals surface area contributed by atoms with Crippen molar-refractivity contribution in [3.8, 4) is 11.5 Å². The van der Waals surface area contributed by atoms with Crippen LogP contribution in [0.3, 0.4) is 0 Å². The van der Waals surface area contributed by atoms with E-state index in [1.807, 2.05) is 13.8 Å². The van der Waals surface area contributed by atoms with E-state index in [4.69, 9.17) is 9.47 Å². The van der Waals surface area contributed by atoms with Crippen LogP contribution in [-0.2, 0) is 4.74 Å². The minimum Gasteiger partial charge on any atom is -0.451 e. The molecule has 3 fully saturated rings. The number of carbonyl (C=O) groups is 1. The van der Waals surface area contributed by atoms with Gasteiger partial charge in [0.05, 0.1) is 24.4 Å². The number of aromatic nitrogens is 2. The molecule has 1 unspecified atom stereocenters. The van der Waals surface area contributed by atoms with Crippen molar-refractivity contribution in [2.24, 2.45) is 5.41 Å². The van der Waals surface area contributed by atoms with Gasteiger partial charge in [0, 0.05) is 31.2 Å². The number of piperidine rings is 1. The number of hydrogen-bond acceptors (Lipinski definition) is 7. The minimum absolute atomic E-state index is 0.0403. The summed E-state index contributed by atoms with van der Waals surface area (Å²) < 4.78 is 26.0. The van der Waals surface area contributed by atoms with Crippen molar-refractivity contribution >= 4 is 11.7 Å². The quantitative estimate of drug-likeness (QED) is 0.696.